The maximum atomic E-state index is 8.08. The van der Waals surface area contributed by atoms with Crippen LogP contribution in [0.25, 0.3) is 10.4 Å². The molecule has 1 rings (SSSR count). The lowest BCUT2D eigenvalue weighted by Crippen LogP contribution is -1.88. The highest BCUT2D eigenvalue weighted by Gasteiger charge is 1.94. The van der Waals surface area contributed by atoms with Crippen LogP contribution in [0.15, 0.2) is 29.4 Å². The van der Waals surface area contributed by atoms with Gasteiger partial charge in [0, 0.05) is 11.5 Å². The van der Waals surface area contributed by atoms with Crippen LogP contribution < -0.4 is 4.74 Å². The minimum absolute atomic E-state index is 0.590. The Morgan fingerprint density at radius 1 is 1.27 bits per heavy atom. The molecule has 0 aromatic heterocycles. The van der Waals surface area contributed by atoms with Crippen LogP contribution in [0.4, 0.5) is 0 Å². The minimum atomic E-state index is 0.590. The van der Waals surface area contributed by atoms with Gasteiger partial charge in [0.25, 0.3) is 0 Å². The fourth-order valence-electron chi connectivity index (χ4n) is 1.35. The summed E-state index contributed by atoms with van der Waals surface area (Å²) in [4.78, 5) is 2.71. The van der Waals surface area contributed by atoms with Gasteiger partial charge in [0.2, 0.25) is 0 Å². The van der Waals surface area contributed by atoms with E-state index in [9.17, 15) is 0 Å². The van der Waals surface area contributed by atoms with E-state index in [0.29, 0.717) is 6.54 Å². The summed E-state index contributed by atoms with van der Waals surface area (Å²) >= 11 is 0. The number of methoxy groups -OCH3 is 1. The largest absolute Gasteiger partial charge is 0.497 e. The third-order valence-corrected chi connectivity index (χ3v) is 2.20. The highest BCUT2D eigenvalue weighted by atomic mass is 16.5. The maximum absolute atomic E-state index is 8.08. The zero-order valence-corrected chi connectivity index (χ0v) is 8.89. The lowest BCUT2D eigenvalue weighted by atomic mass is 10.1. The second-order valence-corrected chi connectivity index (χ2v) is 3.26. The first-order valence-corrected chi connectivity index (χ1v) is 5.00. The van der Waals surface area contributed by atoms with Gasteiger partial charge in [0.15, 0.2) is 0 Å². The number of ether oxygens (including phenoxy) is 1. The van der Waals surface area contributed by atoms with Crippen LogP contribution in [0, 0.1) is 0 Å². The number of aryl methyl sites for hydroxylation is 1. The molecule has 0 fully saturated rings. The summed E-state index contributed by atoms with van der Waals surface area (Å²) in [6, 6.07) is 8.05. The minimum Gasteiger partial charge on any atom is -0.497 e. The molecule has 0 aliphatic rings. The second kappa shape index (κ2) is 6.74. The molecule has 0 amide bonds. The molecule has 15 heavy (non-hydrogen) atoms. The first-order valence-electron chi connectivity index (χ1n) is 5.00. The molecule has 0 atom stereocenters. The van der Waals surface area contributed by atoms with E-state index in [4.69, 9.17) is 10.3 Å². The van der Waals surface area contributed by atoms with Crippen molar-refractivity contribution in [2.45, 2.75) is 19.3 Å². The zero-order chi connectivity index (χ0) is 10.9. The summed E-state index contributed by atoms with van der Waals surface area (Å²) < 4.78 is 5.07. The van der Waals surface area contributed by atoms with E-state index in [0.717, 1.165) is 25.0 Å². The Morgan fingerprint density at radius 3 is 2.60 bits per heavy atom. The third-order valence-electron chi connectivity index (χ3n) is 2.20. The molecule has 0 bridgehead atoms. The Kier molecular flexibility index (Phi) is 5.12. The quantitative estimate of drug-likeness (QED) is 0.304. The Balaban J connectivity index is 2.28. The lowest BCUT2D eigenvalue weighted by molar-refractivity contribution is 0.414. The van der Waals surface area contributed by atoms with Crippen molar-refractivity contribution in [1.29, 1.82) is 0 Å². The molecule has 0 aliphatic heterocycles. The van der Waals surface area contributed by atoms with Crippen LogP contribution in [0.2, 0.25) is 0 Å². The van der Waals surface area contributed by atoms with Gasteiger partial charge in [-0.25, -0.2) is 0 Å². The number of unbranched alkanes of at least 4 members (excludes halogenated alkanes) is 1. The van der Waals surface area contributed by atoms with E-state index in [2.05, 4.69) is 22.2 Å². The van der Waals surface area contributed by atoms with Gasteiger partial charge in [0.05, 0.1) is 7.11 Å². The first kappa shape index (κ1) is 11.4. The lowest BCUT2D eigenvalue weighted by Gasteiger charge is -2.02. The number of benzene rings is 1. The van der Waals surface area contributed by atoms with E-state index in [1.807, 2.05) is 12.1 Å². The predicted molar refractivity (Wildman–Crippen MR) is 59.9 cm³/mol. The van der Waals surface area contributed by atoms with Crippen molar-refractivity contribution in [3.63, 3.8) is 0 Å². The van der Waals surface area contributed by atoms with Gasteiger partial charge in [0.1, 0.15) is 5.75 Å². The Hall–Kier alpha value is -1.67. The third kappa shape index (κ3) is 4.38. The van der Waals surface area contributed by atoms with Gasteiger partial charge < -0.3 is 4.74 Å². The molecule has 0 radical (unpaired) electrons. The zero-order valence-electron chi connectivity index (χ0n) is 8.89. The smallest absolute Gasteiger partial charge is 0.118 e. The molecular weight excluding hydrogens is 190 g/mol. The Morgan fingerprint density at radius 2 is 2.00 bits per heavy atom. The van der Waals surface area contributed by atoms with E-state index < -0.39 is 0 Å². The van der Waals surface area contributed by atoms with Gasteiger partial charge in [-0.3, -0.25) is 0 Å². The van der Waals surface area contributed by atoms with Crippen LogP contribution in [0.1, 0.15) is 18.4 Å². The van der Waals surface area contributed by atoms with Crippen molar-refractivity contribution in [2.24, 2.45) is 5.11 Å². The van der Waals surface area contributed by atoms with E-state index in [1.54, 1.807) is 7.11 Å². The van der Waals surface area contributed by atoms with E-state index in [-0.39, 0.29) is 0 Å². The van der Waals surface area contributed by atoms with Gasteiger partial charge in [-0.2, -0.15) is 0 Å². The van der Waals surface area contributed by atoms with Crippen LogP contribution in [-0.4, -0.2) is 13.7 Å². The maximum Gasteiger partial charge on any atom is 0.118 e. The van der Waals surface area contributed by atoms with Crippen molar-refractivity contribution >= 4 is 0 Å². The first-order chi connectivity index (χ1) is 7.36. The number of azide groups is 1. The topological polar surface area (TPSA) is 58.0 Å². The molecule has 4 nitrogen and oxygen atoms in total. The van der Waals surface area contributed by atoms with E-state index in [1.165, 1.54) is 5.56 Å². The molecule has 0 aliphatic carbocycles. The highest BCUT2D eigenvalue weighted by molar-refractivity contribution is 5.27. The van der Waals surface area contributed by atoms with Gasteiger partial charge in [-0.05, 0) is 42.5 Å². The second-order valence-electron chi connectivity index (χ2n) is 3.26. The molecule has 0 unspecified atom stereocenters. The highest BCUT2D eigenvalue weighted by Crippen LogP contribution is 2.13. The fourth-order valence-corrected chi connectivity index (χ4v) is 1.35. The van der Waals surface area contributed by atoms with Gasteiger partial charge in [-0.1, -0.05) is 17.2 Å². The molecular formula is C11H15N3O. The monoisotopic (exact) mass is 205 g/mol. The number of hydrogen-bond donors (Lipinski definition) is 0. The fraction of sp³-hybridized carbons (Fsp3) is 0.455. The molecule has 1 aromatic carbocycles. The normalized spacial score (nSPS) is 9.40. The number of hydrogen-bond acceptors (Lipinski definition) is 2. The summed E-state index contributed by atoms with van der Waals surface area (Å²) in [5, 5.41) is 3.49. The molecule has 0 heterocycles. The van der Waals surface area contributed by atoms with Crippen LogP contribution in [0.3, 0.4) is 0 Å². The van der Waals surface area contributed by atoms with Gasteiger partial charge >= 0.3 is 0 Å². The molecule has 0 saturated carbocycles. The van der Waals surface area contributed by atoms with Crippen molar-refractivity contribution in [3.8, 4) is 5.75 Å². The summed E-state index contributed by atoms with van der Waals surface area (Å²) in [6.07, 6.45) is 3.01. The molecule has 4 heteroatoms. The molecule has 0 saturated heterocycles. The van der Waals surface area contributed by atoms with Crippen molar-refractivity contribution < 1.29 is 4.74 Å². The number of rotatable bonds is 6. The average Bonchev–Trinajstić information content (AvgIpc) is 2.30. The van der Waals surface area contributed by atoms with Gasteiger partial charge in [-0.15, -0.1) is 0 Å². The molecule has 0 N–H and O–H groups in total. The SMILES string of the molecule is COc1ccc(CCCCN=[N+]=[N-])cc1. The molecule has 0 spiro atoms. The van der Waals surface area contributed by atoms with E-state index >= 15 is 0 Å². The summed E-state index contributed by atoms with van der Waals surface area (Å²) in [5.41, 5.74) is 9.37. The average molecular weight is 205 g/mol. The number of nitrogens with zero attached hydrogens (tertiary/aromatic N) is 3. The Bertz CT molecular complexity index is 328. The summed E-state index contributed by atoms with van der Waals surface area (Å²) in [6.45, 7) is 0.590. The Labute approximate surface area is 89.5 Å². The standard InChI is InChI=1S/C11H15N3O/c1-15-11-7-5-10(6-8-11)4-2-3-9-13-14-12/h5-8H,2-4,9H2,1H3. The van der Waals surface area contributed by atoms with Crippen LogP contribution in [0.5, 0.6) is 5.75 Å². The van der Waals surface area contributed by atoms with Crippen molar-refractivity contribution in [1.82, 2.24) is 0 Å². The van der Waals surface area contributed by atoms with Crippen LogP contribution in [-0.2, 0) is 6.42 Å². The van der Waals surface area contributed by atoms with Crippen molar-refractivity contribution in [3.05, 3.63) is 40.3 Å². The summed E-state index contributed by atoms with van der Waals surface area (Å²) in [5.74, 6) is 0.882. The molecule has 1 aromatic rings. The van der Waals surface area contributed by atoms with Crippen molar-refractivity contribution in [2.75, 3.05) is 13.7 Å². The summed E-state index contributed by atoms with van der Waals surface area (Å²) in [7, 11) is 1.66. The molecule has 80 valence electrons. The predicted octanol–water partition coefficient (Wildman–Crippen LogP) is 3.33. The van der Waals surface area contributed by atoms with Crippen LogP contribution >= 0.6 is 0 Å².